The van der Waals surface area contributed by atoms with E-state index in [9.17, 15) is 22.8 Å². The number of halogens is 3. The normalized spacial score (nSPS) is 11.7. The van der Waals surface area contributed by atoms with Crippen LogP contribution in [0.5, 0.6) is 0 Å². The van der Waals surface area contributed by atoms with Gasteiger partial charge in [-0.1, -0.05) is 6.07 Å². The predicted octanol–water partition coefficient (Wildman–Crippen LogP) is 3.83. The molecular weight excluding hydrogens is 405 g/mol. The van der Waals surface area contributed by atoms with Crippen LogP contribution in [0.4, 0.5) is 18.3 Å². The van der Waals surface area contributed by atoms with Crippen molar-refractivity contribution in [1.82, 2.24) is 14.7 Å². The van der Waals surface area contributed by atoms with Gasteiger partial charge < -0.3 is 10.6 Å². The zero-order valence-corrected chi connectivity index (χ0v) is 15.9. The molecule has 0 spiro atoms. The topological polar surface area (TPSA) is 84.0 Å². The third-order valence-electron chi connectivity index (χ3n) is 3.89. The highest BCUT2D eigenvalue weighted by Gasteiger charge is 2.24. The number of carbonyl (C=O) groups is 2. The van der Waals surface area contributed by atoms with E-state index in [4.69, 9.17) is 0 Å². The average molecular weight is 420 g/mol. The molecule has 150 valence electrons. The largest absolute Gasteiger partial charge is 0.349 e. The van der Waals surface area contributed by atoms with Crippen molar-refractivity contribution in [3.63, 3.8) is 0 Å². The molecule has 0 fully saturated rings. The summed E-state index contributed by atoms with van der Waals surface area (Å²) < 4.78 is 45.3. The van der Waals surface area contributed by atoms with Crippen LogP contribution >= 0.6 is 11.5 Å². The number of nitrogens with zero attached hydrogens (tertiary/aromatic N) is 2. The van der Waals surface area contributed by atoms with Gasteiger partial charge in [0.05, 0.1) is 12.5 Å². The third-order valence-corrected chi connectivity index (χ3v) is 4.52. The summed E-state index contributed by atoms with van der Waals surface area (Å²) in [6, 6.07) is 7.60. The molecule has 3 aromatic rings. The average Bonchev–Trinajstić information content (AvgIpc) is 3.09. The quantitative estimate of drug-likeness (QED) is 0.635. The van der Waals surface area contributed by atoms with Crippen LogP contribution in [0.2, 0.25) is 0 Å². The van der Waals surface area contributed by atoms with Gasteiger partial charge in [-0.2, -0.15) is 9.36 Å². The molecule has 1 unspecified atom stereocenters. The number of hydrogen-bond acceptors (Lipinski definition) is 5. The number of benzene rings is 2. The van der Waals surface area contributed by atoms with Crippen LogP contribution in [0.3, 0.4) is 0 Å². The van der Waals surface area contributed by atoms with E-state index in [-0.39, 0.29) is 5.13 Å². The number of carbonyl (C=O) groups excluding carboxylic acids is 2. The number of nitrogens with one attached hydrogen (secondary N) is 2. The Balaban J connectivity index is 1.74. The van der Waals surface area contributed by atoms with Crippen molar-refractivity contribution in [2.45, 2.75) is 19.4 Å². The Kier molecular flexibility index (Phi) is 6.23. The van der Waals surface area contributed by atoms with E-state index in [2.05, 4.69) is 20.0 Å². The maximum Gasteiger partial charge on any atom is 0.228 e. The summed E-state index contributed by atoms with van der Waals surface area (Å²) in [5, 5.41) is 5.03. The number of aromatic nitrogens is 2. The van der Waals surface area contributed by atoms with Gasteiger partial charge in [0, 0.05) is 29.6 Å². The molecule has 0 saturated carbocycles. The smallest absolute Gasteiger partial charge is 0.228 e. The van der Waals surface area contributed by atoms with E-state index >= 15 is 0 Å². The van der Waals surface area contributed by atoms with E-state index in [0.717, 1.165) is 23.7 Å². The van der Waals surface area contributed by atoms with Crippen molar-refractivity contribution < 1.29 is 22.8 Å². The fraction of sp³-hybridized carbons (Fsp3) is 0.158. The van der Waals surface area contributed by atoms with E-state index < -0.39 is 47.3 Å². The summed E-state index contributed by atoms with van der Waals surface area (Å²) in [5.41, 5.74) is 0.162. The first-order valence-corrected chi connectivity index (χ1v) is 9.21. The van der Waals surface area contributed by atoms with Crippen LogP contribution in [0, 0.1) is 17.5 Å². The molecule has 0 saturated heterocycles. The minimum atomic E-state index is -1.20. The monoisotopic (exact) mass is 420 g/mol. The second-order valence-electron chi connectivity index (χ2n) is 6.07. The van der Waals surface area contributed by atoms with Crippen molar-refractivity contribution in [3.05, 3.63) is 65.5 Å². The number of amides is 2. The van der Waals surface area contributed by atoms with Crippen LogP contribution < -0.4 is 10.6 Å². The Morgan fingerprint density at radius 2 is 1.72 bits per heavy atom. The van der Waals surface area contributed by atoms with Gasteiger partial charge in [0.15, 0.2) is 5.82 Å². The zero-order valence-electron chi connectivity index (χ0n) is 15.1. The second-order valence-corrected chi connectivity index (χ2v) is 6.82. The molecule has 10 heteroatoms. The Bertz CT molecular complexity index is 1020. The highest BCUT2D eigenvalue weighted by atomic mass is 32.1. The molecule has 3 rings (SSSR count). The Hall–Kier alpha value is -3.27. The van der Waals surface area contributed by atoms with Gasteiger partial charge in [-0.15, -0.1) is 0 Å². The Morgan fingerprint density at radius 3 is 2.34 bits per heavy atom. The SMILES string of the molecule is CC(=O)NC(CC(=O)Nc1nc(-c2ccc(F)cc2)ns1)c1c(F)cccc1F. The minimum absolute atomic E-state index is 0.157. The van der Waals surface area contributed by atoms with Gasteiger partial charge in [-0.3, -0.25) is 9.59 Å². The third kappa shape index (κ3) is 5.17. The van der Waals surface area contributed by atoms with Crippen LogP contribution in [0.15, 0.2) is 42.5 Å². The van der Waals surface area contributed by atoms with Crippen LogP contribution in [0.1, 0.15) is 24.9 Å². The van der Waals surface area contributed by atoms with Gasteiger partial charge in [-0.05, 0) is 36.4 Å². The lowest BCUT2D eigenvalue weighted by Crippen LogP contribution is -2.31. The summed E-state index contributed by atoms with van der Waals surface area (Å²) in [6.45, 7) is 1.18. The molecule has 0 aliphatic heterocycles. The molecule has 2 N–H and O–H groups in total. The summed E-state index contributed by atoms with van der Waals surface area (Å²) >= 11 is 0.898. The standard InChI is InChI=1S/C19H15F3N4O2S/c1-10(27)23-15(17-13(21)3-2-4-14(17)22)9-16(28)24-19-25-18(26-29-19)11-5-7-12(20)8-6-11/h2-8,15H,9H2,1H3,(H,23,27)(H,24,25,26,28). The predicted molar refractivity (Wildman–Crippen MR) is 101 cm³/mol. The number of hydrogen-bond donors (Lipinski definition) is 2. The minimum Gasteiger partial charge on any atom is -0.349 e. The lowest BCUT2D eigenvalue weighted by molar-refractivity contribution is -0.120. The van der Waals surface area contributed by atoms with E-state index in [1.54, 1.807) is 0 Å². The first-order valence-electron chi connectivity index (χ1n) is 8.44. The van der Waals surface area contributed by atoms with Gasteiger partial charge in [0.1, 0.15) is 17.5 Å². The summed E-state index contributed by atoms with van der Waals surface area (Å²) in [5.74, 6) is -3.00. The molecule has 1 atom stereocenters. The van der Waals surface area contributed by atoms with Crippen molar-refractivity contribution in [3.8, 4) is 11.4 Å². The fourth-order valence-corrected chi connectivity index (χ4v) is 3.27. The van der Waals surface area contributed by atoms with Crippen molar-refractivity contribution in [1.29, 1.82) is 0 Å². The molecule has 0 aliphatic rings. The zero-order chi connectivity index (χ0) is 21.0. The summed E-state index contributed by atoms with van der Waals surface area (Å²) in [7, 11) is 0. The molecular formula is C19H15F3N4O2S. The van der Waals surface area contributed by atoms with Crippen molar-refractivity contribution in [2.75, 3.05) is 5.32 Å². The van der Waals surface area contributed by atoms with Gasteiger partial charge in [-0.25, -0.2) is 13.2 Å². The maximum absolute atomic E-state index is 14.1. The van der Waals surface area contributed by atoms with Crippen LogP contribution in [-0.2, 0) is 9.59 Å². The van der Waals surface area contributed by atoms with Gasteiger partial charge >= 0.3 is 0 Å². The first-order chi connectivity index (χ1) is 13.8. The molecule has 2 aromatic carbocycles. The molecule has 0 radical (unpaired) electrons. The molecule has 29 heavy (non-hydrogen) atoms. The molecule has 0 bridgehead atoms. The van der Waals surface area contributed by atoms with Gasteiger partial charge in [0.2, 0.25) is 16.9 Å². The first kappa shape index (κ1) is 20.5. The maximum atomic E-state index is 14.1. The molecule has 1 heterocycles. The molecule has 0 aliphatic carbocycles. The second kappa shape index (κ2) is 8.82. The Morgan fingerprint density at radius 1 is 1.07 bits per heavy atom. The number of rotatable bonds is 6. The van der Waals surface area contributed by atoms with Crippen molar-refractivity contribution in [2.24, 2.45) is 0 Å². The van der Waals surface area contributed by atoms with Crippen LogP contribution in [-0.4, -0.2) is 21.2 Å². The number of anilines is 1. The highest BCUT2D eigenvalue weighted by molar-refractivity contribution is 7.10. The van der Waals surface area contributed by atoms with Crippen molar-refractivity contribution >= 4 is 28.5 Å². The van der Waals surface area contributed by atoms with Gasteiger partial charge in [0.25, 0.3) is 0 Å². The summed E-state index contributed by atoms with van der Waals surface area (Å²) in [4.78, 5) is 28.0. The lowest BCUT2D eigenvalue weighted by atomic mass is 10.0. The van der Waals surface area contributed by atoms with E-state index in [0.29, 0.717) is 11.4 Å². The molecule has 1 aromatic heterocycles. The Labute approximate surface area is 168 Å². The summed E-state index contributed by atoms with van der Waals surface area (Å²) in [6.07, 6.45) is -0.414. The van der Waals surface area contributed by atoms with E-state index in [1.165, 1.54) is 37.3 Å². The molecule has 6 nitrogen and oxygen atoms in total. The van der Waals surface area contributed by atoms with E-state index in [1.807, 2.05) is 0 Å². The fourth-order valence-electron chi connectivity index (χ4n) is 2.66. The lowest BCUT2D eigenvalue weighted by Gasteiger charge is -2.19. The molecule has 2 amide bonds. The van der Waals surface area contributed by atoms with Crippen LogP contribution in [0.25, 0.3) is 11.4 Å². The highest BCUT2D eigenvalue weighted by Crippen LogP contribution is 2.25.